The van der Waals surface area contributed by atoms with Crippen LogP contribution in [0.4, 0.5) is 0 Å². The Labute approximate surface area is 127 Å². The molecule has 0 radical (unpaired) electrons. The van der Waals surface area contributed by atoms with Crippen molar-refractivity contribution in [3.05, 3.63) is 35.4 Å². The molecule has 1 aromatic rings. The van der Waals surface area contributed by atoms with Gasteiger partial charge in [0.15, 0.2) is 0 Å². The van der Waals surface area contributed by atoms with E-state index in [-0.39, 0.29) is 12.0 Å². The Morgan fingerprint density at radius 3 is 2.52 bits per heavy atom. The predicted molar refractivity (Wildman–Crippen MR) is 84.3 cm³/mol. The molecule has 4 nitrogen and oxygen atoms in total. The van der Waals surface area contributed by atoms with Gasteiger partial charge in [0.2, 0.25) is 0 Å². The lowest BCUT2D eigenvalue weighted by Gasteiger charge is -2.19. The standard InChI is InChI=1S/C17H26N2O2/c1-4-21-17(20)16(18-11-12-19(2)3)15-9-7-14(8-10-15)13-5-6-13/h7-10,13,16,18H,4-6,11-12H2,1-3H3. The maximum Gasteiger partial charge on any atom is 0.327 e. The number of esters is 1. The van der Waals surface area contributed by atoms with Crippen LogP contribution >= 0.6 is 0 Å². The monoisotopic (exact) mass is 290 g/mol. The maximum absolute atomic E-state index is 12.2. The molecule has 1 aliphatic rings. The number of ether oxygens (including phenoxy) is 1. The average molecular weight is 290 g/mol. The van der Waals surface area contributed by atoms with E-state index in [1.165, 1.54) is 18.4 Å². The predicted octanol–water partition coefficient (Wildman–Crippen LogP) is 2.32. The van der Waals surface area contributed by atoms with Crippen molar-refractivity contribution in [1.82, 2.24) is 10.2 Å². The molecule has 1 aromatic carbocycles. The molecule has 2 rings (SSSR count). The molecule has 4 heteroatoms. The first-order valence-corrected chi connectivity index (χ1v) is 7.76. The molecular formula is C17H26N2O2. The van der Waals surface area contributed by atoms with Crippen LogP contribution in [0.15, 0.2) is 24.3 Å². The molecule has 1 atom stereocenters. The first-order chi connectivity index (χ1) is 10.1. The average Bonchev–Trinajstić information content (AvgIpc) is 3.28. The minimum Gasteiger partial charge on any atom is -0.465 e. The van der Waals surface area contributed by atoms with E-state index in [4.69, 9.17) is 4.74 Å². The highest BCUT2D eigenvalue weighted by Crippen LogP contribution is 2.40. The van der Waals surface area contributed by atoms with Gasteiger partial charge in [0, 0.05) is 13.1 Å². The summed E-state index contributed by atoms with van der Waals surface area (Å²) in [6.07, 6.45) is 2.59. The van der Waals surface area contributed by atoms with E-state index in [1.54, 1.807) is 0 Å². The highest BCUT2D eigenvalue weighted by molar-refractivity contribution is 5.77. The van der Waals surface area contributed by atoms with Crippen LogP contribution in [0.25, 0.3) is 0 Å². The van der Waals surface area contributed by atoms with Crippen molar-refractivity contribution in [1.29, 1.82) is 0 Å². The van der Waals surface area contributed by atoms with Gasteiger partial charge in [0.1, 0.15) is 6.04 Å². The van der Waals surface area contributed by atoms with Gasteiger partial charge >= 0.3 is 5.97 Å². The molecule has 0 heterocycles. The SMILES string of the molecule is CCOC(=O)C(NCCN(C)C)c1ccc(C2CC2)cc1. The second kappa shape index (κ2) is 7.57. The molecular weight excluding hydrogens is 264 g/mol. The summed E-state index contributed by atoms with van der Waals surface area (Å²) in [5, 5.41) is 3.30. The summed E-state index contributed by atoms with van der Waals surface area (Å²) in [7, 11) is 4.04. The zero-order valence-electron chi connectivity index (χ0n) is 13.3. The zero-order valence-corrected chi connectivity index (χ0v) is 13.3. The van der Waals surface area contributed by atoms with Crippen LogP contribution in [0.1, 0.15) is 42.9 Å². The van der Waals surface area contributed by atoms with Crippen molar-refractivity contribution in [2.45, 2.75) is 31.7 Å². The molecule has 1 unspecified atom stereocenters. The molecule has 0 saturated heterocycles. The van der Waals surface area contributed by atoms with E-state index < -0.39 is 0 Å². The number of hydrogen-bond donors (Lipinski definition) is 1. The normalized spacial score (nSPS) is 16.0. The number of nitrogens with zero attached hydrogens (tertiary/aromatic N) is 1. The number of benzene rings is 1. The van der Waals surface area contributed by atoms with E-state index in [2.05, 4.69) is 34.5 Å². The third-order valence-electron chi connectivity index (χ3n) is 3.75. The van der Waals surface area contributed by atoms with Gasteiger partial charge in [-0.3, -0.25) is 5.32 Å². The highest BCUT2D eigenvalue weighted by atomic mass is 16.5. The summed E-state index contributed by atoms with van der Waals surface area (Å²) in [6.45, 7) is 3.88. The largest absolute Gasteiger partial charge is 0.465 e. The number of likely N-dealkylation sites (N-methyl/N-ethyl adjacent to an activating group) is 1. The fourth-order valence-corrected chi connectivity index (χ4v) is 2.37. The Morgan fingerprint density at radius 1 is 1.33 bits per heavy atom. The summed E-state index contributed by atoms with van der Waals surface area (Å²) < 4.78 is 5.19. The number of nitrogens with one attached hydrogen (secondary N) is 1. The summed E-state index contributed by atoms with van der Waals surface area (Å²) in [5.41, 5.74) is 2.37. The van der Waals surface area contributed by atoms with E-state index in [0.29, 0.717) is 6.61 Å². The molecule has 0 spiro atoms. The second-order valence-corrected chi connectivity index (χ2v) is 5.88. The number of rotatable bonds is 8. The zero-order chi connectivity index (χ0) is 15.2. The first kappa shape index (κ1) is 16.0. The van der Waals surface area contributed by atoms with E-state index >= 15 is 0 Å². The Bertz CT molecular complexity index is 452. The minimum atomic E-state index is -0.377. The van der Waals surface area contributed by atoms with Gasteiger partial charge in [0.05, 0.1) is 6.61 Å². The van der Waals surface area contributed by atoms with Gasteiger partial charge in [-0.25, -0.2) is 4.79 Å². The number of carbonyl (C=O) groups is 1. The van der Waals surface area contributed by atoms with Gasteiger partial charge < -0.3 is 9.64 Å². The molecule has 1 fully saturated rings. The van der Waals surface area contributed by atoms with Crippen LogP contribution in [-0.2, 0) is 9.53 Å². The molecule has 0 aromatic heterocycles. The number of hydrogen-bond acceptors (Lipinski definition) is 4. The van der Waals surface area contributed by atoms with Crippen molar-refractivity contribution in [2.24, 2.45) is 0 Å². The molecule has 1 N–H and O–H groups in total. The topological polar surface area (TPSA) is 41.6 Å². The Hall–Kier alpha value is -1.39. The fourth-order valence-electron chi connectivity index (χ4n) is 2.37. The van der Waals surface area contributed by atoms with Crippen LogP contribution in [0.3, 0.4) is 0 Å². The van der Waals surface area contributed by atoms with Crippen molar-refractivity contribution in [2.75, 3.05) is 33.8 Å². The smallest absolute Gasteiger partial charge is 0.327 e. The molecule has 1 aliphatic carbocycles. The summed E-state index contributed by atoms with van der Waals surface area (Å²) in [6, 6.07) is 8.02. The summed E-state index contributed by atoms with van der Waals surface area (Å²) in [4.78, 5) is 14.2. The van der Waals surface area contributed by atoms with Crippen molar-refractivity contribution >= 4 is 5.97 Å². The minimum absolute atomic E-state index is 0.199. The Balaban J connectivity index is 2.03. The van der Waals surface area contributed by atoms with Gasteiger partial charge in [0.25, 0.3) is 0 Å². The third kappa shape index (κ3) is 4.83. The lowest BCUT2D eigenvalue weighted by molar-refractivity contribution is -0.145. The molecule has 0 bridgehead atoms. The van der Waals surface area contributed by atoms with Gasteiger partial charge in [-0.05, 0) is 50.9 Å². The summed E-state index contributed by atoms with van der Waals surface area (Å²) in [5.74, 6) is 0.539. The van der Waals surface area contributed by atoms with Crippen LogP contribution in [0.5, 0.6) is 0 Å². The number of carbonyl (C=O) groups excluding carboxylic acids is 1. The third-order valence-corrected chi connectivity index (χ3v) is 3.75. The van der Waals surface area contributed by atoms with Crippen molar-refractivity contribution < 1.29 is 9.53 Å². The van der Waals surface area contributed by atoms with E-state index in [9.17, 15) is 4.79 Å². The van der Waals surface area contributed by atoms with Gasteiger partial charge in [-0.2, -0.15) is 0 Å². The van der Waals surface area contributed by atoms with Crippen LogP contribution in [0, 0.1) is 0 Å². The van der Waals surface area contributed by atoms with Crippen LogP contribution < -0.4 is 5.32 Å². The highest BCUT2D eigenvalue weighted by Gasteiger charge is 2.25. The van der Waals surface area contributed by atoms with Gasteiger partial charge in [-0.1, -0.05) is 24.3 Å². The Morgan fingerprint density at radius 2 is 2.00 bits per heavy atom. The Kier molecular flexibility index (Phi) is 5.76. The lowest BCUT2D eigenvalue weighted by Crippen LogP contribution is -2.35. The second-order valence-electron chi connectivity index (χ2n) is 5.88. The van der Waals surface area contributed by atoms with Crippen LogP contribution in [0.2, 0.25) is 0 Å². The molecule has 0 amide bonds. The van der Waals surface area contributed by atoms with Gasteiger partial charge in [-0.15, -0.1) is 0 Å². The lowest BCUT2D eigenvalue weighted by atomic mass is 10.0. The summed E-state index contributed by atoms with van der Waals surface area (Å²) >= 11 is 0. The van der Waals surface area contributed by atoms with Crippen molar-refractivity contribution in [3.63, 3.8) is 0 Å². The molecule has 116 valence electrons. The maximum atomic E-state index is 12.2. The first-order valence-electron chi connectivity index (χ1n) is 7.76. The molecule has 1 saturated carbocycles. The quantitative estimate of drug-likeness (QED) is 0.746. The van der Waals surface area contributed by atoms with E-state index in [1.807, 2.05) is 21.0 Å². The molecule has 0 aliphatic heterocycles. The van der Waals surface area contributed by atoms with Crippen molar-refractivity contribution in [3.8, 4) is 0 Å². The molecule has 21 heavy (non-hydrogen) atoms. The van der Waals surface area contributed by atoms with Crippen LogP contribution in [-0.4, -0.2) is 44.7 Å². The van der Waals surface area contributed by atoms with E-state index in [0.717, 1.165) is 24.6 Å². The fraction of sp³-hybridized carbons (Fsp3) is 0.588.